The van der Waals surface area contributed by atoms with Gasteiger partial charge >= 0.3 is 0 Å². The van der Waals surface area contributed by atoms with Crippen molar-refractivity contribution in [1.29, 1.82) is 0 Å². The number of hydrogen-bond acceptors (Lipinski definition) is 5. The first kappa shape index (κ1) is 14.9. The molecule has 0 fully saturated rings. The zero-order valence-electron chi connectivity index (χ0n) is 9.47. The van der Waals surface area contributed by atoms with E-state index in [-0.39, 0.29) is 30.5 Å². The predicted octanol–water partition coefficient (Wildman–Crippen LogP) is 2.21. The lowest BCUT2D eigenvalue weighted by Crippen LogP contribution is -2.47. The molecule has 0 aromatic heterocycles. The Bertz CT molecular complexity index is 514. The number of anilines is 1. The summed E-state index contributed by atoms with van der Waals surface area (Å²) in [6, 6.07) is 5.20. The molecule has 2 rings (SSSR count). The molecule has 98 valence electrons. The van der Waals surface area contributed by atoms with Crippen molar-refractivity contribution in [3.05, 3.63) is 28.2 Å². The smallest absolute Gasteiger partial charge is 0.220 e. The molecule has 4 N–H and O–H groups in total. The first-order valence-corrected chi connectivity index (χ1v) is 5.66. The SMILES string of the molecule is CC1N=C(N)N=C(N)N1c1ccc(Cl)c(Cl)c1.Cl. The van der Waals surface area contributed by atoms with E-state index in [1.165, 1.54) is 0 Å². The predicted molar refractivity (Wildman–Crippen MR) is 78.9 cm³/mol. The Morgan fingerprint density at radius 2 is 1.89 bits per heavy atom. The van der Waals surface area contributed by atoms with Gasteiger partial charge in [-0.1, -0.05) is 23.2 Å². The van der Waals surface area contributed by atoms with E-state index >= 15 is 0 Å². The minimum absolute atomic E-state index is 0. The standard InChI is InChI=1S/C10H11Cl2N5.ClH/c1-5-15-9(13)16-10(14)17(5)6-2-3-7(11)8(12)4-6;/h2-5H,1H3,(H4,13,14,15,16);1H. The van der Waals surface area contributed by atoms with Crippen LogP contribution in [0.15, 0.2) is 28.2 Å². The summed E-state index contributed by atoms with van der Waals surface area (Å²) < 4.78 is 0. The molecule has 0 saturated heterocycles. The molecule has 1 aliphatic rings. The van der Waals surface area contributed by atoms with E-state index in [1.807, 2.05) is 6.92 Å². The van der Waals surface area contributed by atoms with Crippen LogP contribution in [0.2, 0.25) is 10.0 Å². The van der Waals surface area contributed by atoms with Gasteiger partial charge in [0.25, 0.3) is 0 Å². The maximum absolute atomic E-state index is 5.96. The fraction of sp³-hybridized carbons (Fsp3) is 0.200. The molecule has 1 aromatic rings. The van der Waals surface area contributed by atoms with Crippen molar-refractivity contribution in [1.82, 2.24) is 0 Å². The quantitative estimate of drug-likeness (QED) is 0.834. The van der Waals surface area contributed by atoms with E-state index in [1.54, 1.807) is 23.1 Å². The van der Waals surface area contributed by atoms with E-state index in [0.29, 0.717) is 10.0 Å². The van der Waals surface area contributed by atoms with Gasteiger partial charge < -0.3 is 11.5 Å². The lowest BCUT2D eigenvalue weighted by molar-refractivity contribution is 0.752. The van der Waals surface area contributed by atoms with E-state index < -0.39 is 0 Å². The van der Waals surface area contributed by atoms with Gasteiger partial charge in [0.15, 0.2) is 0 Å². The Morgan fingerprint density at radius 1 is 1.22 bits per heavy atom. The topological polar surface area (TPSA) is 80.0 Å². The Balaban J connectivity index is 0.00000162. The molecule has 18 heavy (non-hydrogen) atoms. The Morgan fingerprint density at radius 3 is 2.44 bits per heavy atom. The van der Waals surface area contributed by atoms with Crippen molar-refractivity contribution < 1.29 is 0 Å². The van der Waals surface area contributed by atoms with Crippen molar-refractivity contribution in [3.8, 4) is 0 Å². The highest BCUT2D eigenvalue weighted by atomic mass is 35.5. The number of benzene rings is 1. The van der Waals surface area contributed by atoms with Crippen molar-refractivity contribution in [2.24, 2.45) is 21.5 Å². The number of guanidine groups is 2. The van der Waals surface area contributed by atoms with Crippen LogP contribution in [0.5, 0.6) is 0 Å². The molecule has 0 bridgehead atoms. The van der Waals surface area contributed by atoms with Gasteiger partial charge in [0.1, 0.15) is 6.17 Å². The van der Waals surface area contributed by atoms with Crippen LogP contribution in [0.4, 0.5) is 5.69 Å². The second-order valence-corrected chi connectivity index (χ2v) is 4.37. The summed E-state index contributed by atoms with van der Waals surface area (Å²) in [7, 11) is 0. The zero-order chi connectivity index (χ0) is 12.6. The number of halogens is 3. The molecule has 0 radical (unpaired) electrons. The van der Waals surface area contributed by atoms with Crippen molar-refractivity contribution in [2.75, 3.05) is 4.90 Å². The monoisotopic (exact) mass is 307 g/mol. The Hall–Kier alpha value is -1.17. The third kappa shape index (κ3) is 2.80. The zero-order valence-corrected chi connectivity index (χ0v) is 11.8. The number of nitrogens with two attached hydrogens (primary N) is 2. The van der Waals surface area contributed by atoms with E-state index in [4.69, 9.17) is 34.7 Å². The lowest BCUT2D eigenvalue weighted by Gasteiger charge is -2.30. The minimum atomic E-state index is -0.232. The van der Waals surface area contributed by atoms with Gasteiger partial charge in [-0.3, -0.25) is 4.90 Å². The van der Waals surface area contributed by atoms with Crippen LogP contribution >= 0.6 is 35.6 Å². The van der Waals surface area contributed by atoms with Crippen LogP contribution in [0.1, 0.15) is 6.92 Å². The average Bonchev–Trinajstić information content (AvgIpc) is 2.21. The van der Waals surface area contributed by atoms with Crippen LogP contribution in [0, 0.1) is 0 Å². The third-order valence-corrected chi connectivity index (χ3v) is 3.09. The number of hydrogen-bond donors (Lipinski definition) is 2. The molecular weight excluding hydrogens is 297 g/mol. The molecule has 1 aliphatic heterocycles. The van der Waals surface area contributed by atoms with E-state index in [0.717, 1.165) is 5.69 Å². The van der Waals surface area contributed by atoms with Crippen molar-refractivity contribution >= 4 is 53.2 Å². The summed E-state index contributed by atoms with van der Waals surface area (Å²) >= 11 is 11.8. The molecule has 5 nitrogen and oxygen atoms in total. The maximum Gasteiger partial charge on any atom is 0.220 e. The van der Waals surface area contributed by atoms with Gasteiger partial charge in [0, 0.05) is 5.69 Å². The first-order chi connectivity index (χ1) is 7.99. The van der Waals surface area contributed by atoms with Crippen molar-refractivity contribution in [2.45, 2.75) is 13.1 Å². The number of aliphatic imine (C=N–C) groups is 2. The summed E-state index contributed by atoms with van der Waals surface area (Å²) in [5.41, 5.74) is 12.1. The first-order valence-electron chi connectivity index (χ1n) is 4.91. The summed E-state index contributed by atoms with van der Waals surface area (Å²) in [6.45, 7) is 1.86. The number of nitrogens with zero attached hydrogens (tertiary/aromatic N) is 3. The van der Waals surface area contributed by atoms with E-state index in [9.17, 15) is 0 Å². The summed E-state index contributed by atoms with van der Waals surface area (Å²) in [5.74, 6) is 0.453. The summed E-state index contributed by atoms with van der Waals surface area (Å²) in [6.07, 6.45) is -0.232. The highest BCUT2D eigenvalue weighted by molar-refractivity contribution is 6.42. The molecule has 8 heteroatoms. The fourth-order valence-electron chi connectivity index (χ4n) is 1.62. The third-order valence-electron chi connectivity index (χ3n) is 2.35. The van der Waals surface area contributed by atoms with Gasteiger partial charge in [0.05, 0.1) is 10.0 Å². The van der Waals surface area contributed by atoms with Crippen LogP contribution in [0.3, 0.4) is 0 Å². The van der Waals surface area contributed by atoms with E-state index in [2.05, 4.69) is 9.98 Å². The Labute approximate surface area is 121 Å². The van der Waals surface area contributed by atoms with Gasteiger partial charge in [-0.05, 0) is 25.1 Å². The normalized spacial score (nSPS) is 18.8. The largest absolute Gasteiger partial charge is 0.369 e. The molecule has 1 aromatic carbocycles. The number of rotatable bonds is 1. The molecular formula is C10H12Cl3N5. The minimum Gasteiger partial charge on any atom is -0.369 e. The second-order valence-electron chi connectivity index (χ2n) is 3.56. The maximum atomic E-state index is 5.96. The molecule has 0 amide bonds. The molecule has 1 unspecified atom stereocenters. The Kier molecular flexibility index (Phi) is 4.67. The van der Waals surface area contributed by atoms with Crippen LogP contribution < -0.4 is 16.4 Å². The van der Waals surface area contributed by atoms with Crippen LogP contribution in [-0.4, -0.2) is 18.1 Å². The molecule has 0 saturated carbocycles. The van der Waals surface area contributed by atoms with Crippen LogP contribution in [0.25, 0.3) is 0 Å². The molecule has 0 aliphatic carbocycles. The molecule has 1 atom stereocenters. The van der Waals surface area contributed by atoms with Gasteiger partial charge in [-0.15, -0.1) is 12.4 Å². The molecule has 0 spiro atoms. The highest BCUT2D eigenvalue weighted by Gasteiger charge is 2.22. The van der Waals surface area contributed by atoms with Gasteiger partial charge in [0.2, 0.25) is 11.9 Å². The van der Waals surface area contributed by atoms with Crippen LogP contribution in [-0.2, 0) is 0 Å². The fourth-order valence-corrected chi connectivity index (χ4v) is 1.92. The van der Waals surface area contributed by atoms with Crippen molar-refractivity contribution in [3.63, 3.8) is 0 Å². The molecule has 1 heterocycles. The summed E-state index contributed by atoms with van der Waals surface area (Å²) in [4.78, 5) is 9.76. The second kappa shape index (κ2) is 5.65. The highest BCUT2D eigenvalue weighted by Crippen LogP contribution is 2.28. The average molecular weight is 309 g/mol. The lowest BCUT2D eigenvalue weighted by atomic mass is 10.2. The van der Waals surface area contributed by atoms with Gasteiger partial charge in [-0.2, -0.15) is 4.99 Å². The van der Waals surface area contributed by atoms with Gasteiger partial charge in [-0.25, -0.2) is 4.99 Å². The summed E-state index contributed by atoms with van der Waals surface area (Å²) in [5, 5.41) is 0.935.